The summed E-state index contributed by atoms with van der Waals surface area (Å²) in [6, 6.07) is 8.73. The number of hydrogen-bond acceptors (Lipinski definition) is 2. The predicted molar refractivity (Wildman–Crippen MR) is 53.3 cm³/mol. The van der Waals surface area contributed by atoms with Gasteiger partial charge in [-0.2, -0.15) is 11.8 Å². The molecule has 0 radical (unpaired) electrons. The van der Waals surface area contributed by atoms with Crippen LogP contribution in [-0.4, -0.2) is 10.8 Å². The van der Waals surface area contributed by atoms with Crippen LogP contribution in [0.2, 0.25) is 0 Å². The van der Waals surface area contributed by atoms with Crippen LogP contribution in [0.5, 0.6) is 0 Å². The van der Waals surface area contributed by atoms with Crippen molar-refractivity contribution in [2.24, 2.45) is 0 Å². The largest absolute Gasteiger partial charge is 0.150 e. The highest BCUT2D eigenvalue weighted by Crippen LogP contribution is 2.30. The van der Waals surface area contributed by atoms with E-state index in [0.29, 0.717) is 0 Å². The van der Waals surface area contributed by atoms with Crippen molar-refractivity contribution in [3.8, 4) is 0 Å². The van der Waals surface area contributed by atoms with Crippen LogP contribution in [0.4, 0.5) is 0 Å². The first-order valence-electron chi connectivity index (χ1n) is 3.75. The van der Waals surface area contributed by atoms with Crippen molar-refractivity contribution < 1.29 is 0 Å². The fourth-order valence-electron chi connectivity index (χ4n) is 1.20. The van der Waals surface area contributed by atoms with Gasteiger partial charge < -0.3 is 0 Å². The van der Waals surface area contributed by atoms with Crippen molar-refractivity contribution in [1.82, 2.24) is 0 Å². The van der Waals surface area contributed by atoms with Crippen molar-refractivity contribution in [1.29, 1.82) is 0 Å². The second kappa shape index (κ2) is 3.55. The minimum absolute atomic E-state index is 1.22. The molecule has 0 N–H and O–H groups in total. The van der Waals surface area contributed by atoms with E-state index < -0.39 is 0 Å². The van der Waals surface area contributed by atoms with Crippen molar-refractivity contribution in [3.05, 3.63) is 29.8 Å². The maximum Gasteiger partial charge on any atom is 0.0439 e. The normalized spacial score (nSPS) is 17.1. The average Bonchev–Trinajstić information content (AvgIpc) is 2.28. The Morgan fingerprint density at radius 2 is 2.09 bits per heavy atom. The molecule has 0 bridgehead atoms. The van der Waals surface area contributed by atoms with Gasteiger partial charge in [-0.3, -0.25) is 0 Å². The molecule has 0 fully saturated rings. The summed E-state index contributed by atoms with van der Waals surface area (Å²) in [7, 11) is 0. The summed E-state index contributed by atoms with van der Waals surface area (Å²) in [5.74, 6) is 1.28. The molecule has 0 aliphatic carbocycles. The second-order valence-corrected chi connectivity index (χ2v) is 5.02. The molecule has 0 atom stereocenters. The molecule has 0 saturated heterocycles. The van der Waals surface area contributed by atoms with E-state index in [9.17, 15) is 0 Å². The van der Waals surface area contributed by atoms with E-state index in [1.165, 1.54) is 27.7 Å². The Bertz CT molecular complexity index is 220. The van der Waals surface area contributed by atoms with Gasteiger partial charge in [0.15, 0.2) is 0 Å². The number of hydrogen-bond donors (Lipinski definition) is 0. The topological polar surface area (TPSA) is 0 Å². The van der Waals surface area contributed by atoms with E-state index in [2.05, 4.69) is 24.3 Å². The zero-order valence-electron chi connectivity index (χ0n) is 6.25. The number of aryl methyl sites for hydroxylation is 1. The van der Waals surface area contributed by atoms with E-state index in [4.69, 9.17) is 0 Å². The van der Waals surface area contributed by atoms with Gasteiger partial charge in [0.05, 0.1) is 0 Å². The lowest BCUT2D eigenvalue weighted by Crippen LogP contribution is -1.86. The Morgan fingerprint density at radius 1 is 1.18 bits per heavy atom. The molecule has 0 unspecified atom stereocenters. The Balaban J connectivity index is 2.33. The van der Waals surface area contributed by atoms with Gasteiger partial charge in [0, 0.05) is 9.98 Å². The molecule has 0 saturated carbocycles. The van der Waals surface area contributed by atoms with Crippen LogP contribution in [0.15, 0.2) is 29.2 Å². The molecule has 1 aliphatic rings. The summed E-state index contributed by atoms with van der Waals surface area (Å²) in [5.41, 5.74) is 1.53. The van der Waals surface area contributed by atoms with E-state index >= 15 is 0 Å². The van der Waals surface area contributed by atoms with Crippen LogP contribution in [0, 0.1) is 0 Å². The monoisotopic (exact) mass is 182 g/mol. The van der Waals surface area contributed by atoms with Crippen LogP contribution < -0.4 is 0 Å². The fraction of sp³-hybridized carbons (Fsp3) is 0.333. The van der Waals surface area contributed by atoms with Gasteiger partial charge in [-0.05, 0) is 23.8 Å². The molecule has 1 aromatic rings. The molecular formula is C9H10S2. The van der Waals surface area contributed by atoms with Gasteiger partial charge >= 0.3 is 0 Å². The number of rotatable bonds is 0. The summed E-state index contributed by atoms with van der Waals surface area (Å²) < 4.78 is 0. The quantitative estimate of drug-likeness (QED) is 0.605. The highest BCUT2D eigenvalue weighted by Gasteiger charge is 2.05. The third-order valence-electron chi connectivity index (χ3n) is 1.79. The summed E-state index contributed by atoms with van der Waals surface area (Å²) in [6.07, 6.45) is 1.24. The van der Waals surface area contributed by atoms with Gasteiger partial charge in [0.2, 0.25) is 0 Å². The van der Waals surface area contributed by atoms with Crippen molar-refractivity contribution in [2.45, 2.75) is 11.3 Å². The molecule has 0 aromatic heterocycles. The molecule has 2 rings (SSSR count). The Labute approximate surface area is 75.8 Å². The molecular weight excluding hydrogens is 172 g/mol. The molecule has 1 aliphatic heterocycles. The molecule has 0 spiro atoms. The minimum Gasteiger partial charge on any atom is -0.150 e. The van der Waals surface area contributed by atoms with Crippen LogP contribution in [0.1, 0.15) is 5.56 Å². The zero-order valence-corrected chi connectivity index (χ0v) is 7.88. The van der Waals surface area contributed by atoms with Crippen molar-refractivity contribution >= 4 is 23.5 Å². The molecule has 11 heavy (non-hydrogen) atoms. The number of benzene rings is 1. The van der Waals surface area contributed by atoms with Gasteiger partial charge in [0.1, 0.15) is 0 Å². The minimum atomic E-state index is 1.22. The van der Waals surface area contributed by atoms with Crippen LogP contribution >= 0.6 is 23.5 Å². The Morgan fingerprint density at radius 3 is 3.09 bits per heavy atom. The Kier molecular flexibility index (Phi) is 2.44. The lowest BCUT2D eigenvalue weighted by atomic mass is 10.2. The van der Waals surface area contributed by atoms with E-state index in [-0.39, 0.29) is 0 Å². The van der Waals surface area contributed by atoms with Gasteiger partial charge in [-0.15, -0.1) is 11.8 Å². The second-order valence-electron chi connectivity index (χ2n) is 2.53. The van der Waals surface area contributed by atoms with Crippen molar-refractivity contribution in [2.75, 3.05) is 10.8 Å². The van der Waals surface area contributed by atoms with Gasteiger partial charge in [-0.1, -0.05) is 18.2 Å². The van der Waals surface area contributed by atoms with E-state index in [1.807, 2.05) is 23.5 Å². The Hall–Kier alpha value is -0.0800. The summed E-state index contributed by atoms with van der Waals surface area (Å²) in [5, 5.41) is 1.22. The van der Waals surface area contributed by atoms with Crippen LogP contribution in [-0.2, 0) is 6.42 Å². The average molecular weight is 182 g/mol. The van der Waals surface area contributed by atoms with Crippen LogP contribution in [0.25, 0.3) is 0 Å². The van der Waals surface area contributed by atoms with E-state index in [0.717, 1.165) is 0 Å². The fourth-order valence-corrected chi connectivity index (χ4v) is 3.40. The summed E-state index contributed by atoms with van der Waals surface area (Å²) in [6.45, 7) is 0. The molecule has 58 valence electrons. The first-order valence-corrected chi connectivity index (χ1v) is 5.89. The third kappa shape index (κ3) is 1.74. The molecule has 0 amide bonds. The highest BCUT2D eigenvalue weighted by molar-refractivity contribution is 8.16. The lowest BCUT2D eigenvalue weighted by molar-refractivity contribution is 1.10. The predicted octanol–water partition coefficient (Wildman–Crippen LogP) is 3.03. The van der Waals surface area contributed by atoms with E-state index in [1.54, 1.807) is 0 Å². The molecule has 0 nitrogen and oxygen atoms in total. The standard InChI is InChI=1S/C9H10S2/c1-2-4-9-8(3-1)5-6-10-7-11-9/h1-4H,5-7H2. The maximum absolute atomic E-state index is 2.24. The molecule has 1 aromatic carbocycles. The zero-order chi connectivity index (χ0) is 7.52. The van der Waals surface area contributed by atoms with Gasteiger partial charge in [0.25, 0.3) is 0 Å². The lowest BCUT2D eigenvalue weighted by Gasteiger charge is -2.01. The number of thioether (sulfide) groups is 2. The highest BCUT2D eigenvalue weighted by atomic mass is 32.2. The third-order valence-corrected chi connectivity index (χ3v) is 4.13. The molecule has 1 heterocycles. The summed E-state index contributed by atoms with van der Waals surface area (Å²) in [4.78, 5) is 1.48. The molecule has 2 heteroatoms. The number of fused-ring (bicyclic) bond motifs is 1. The van der Waals surface area contributed by atoms with Crippen molar-refractivity contribution in [3.63, 3.8) is 0 Å². The summed E-state index contributed by atoms with van der Waals surface area (Å²) >= 11 is 4.01. The maximum atomic E-state index is 2.24. The van der Waals surface area contributed by atoms with Crippen LogP contribution in [0.3, 0.4) is 0 Å². The smallest absolute Gasteiger partial charge is 0.0439 e. The first kappa shape index (κ1) is 7.56. The SMILES string of the molecule is c1ccc2c(c1)CCSCS2. The van der Waals surface area contributed by atoms with Gasteiger partial charge in [-0.25, -0.2) is 0 Å². The first-order chi connectivity index (χ1) is 5.47.